The van der Waals surface area contributed by atoms with Crippen molar-refractivity contribution in [1.82, 2.24) is 4.98 Å². The molecule has 9 heteroatoms. The second-order valence-electron chi connectivity index (χ2n) is 7.34. The van der Waals surface area contributed by atoms with Crippen LogP contribution in [-0.4, -0.2) is 35.7 Å². The number of aromatic nitrogens is 1. The van der Waals surface area contributed by atoms with Crippen LogP contribution in [0.2, 0.25) is 5.02 Å². The third-order valence-electron chi connectivity index (χ3n) is 5.50. The van der Waals surface area contributed by atoms with Crippen LogP contribution in [0.15, 0.2) is 66.5 Å². The molecule has 3 aromatic rings. The van der Waals surface area contributed by atoms with Crippen molar-refractivity contribution >= 4 is 34.7 Å². The summed E-state index contributed by atoms with van der Waals surface area (Å²) in [4.78, 5) is 31.8. The van der Waals surface area contributed by atoms with Gasteiger partial charge in [0, 0.05) is 29.7 Å². The number of anilines is 1. The van der Waals surface area contributed by atoms with Crippen molar-refractivity contribution in [3.63, 3.8) is 0 Å². The average molecular weight is 465 g/mol. The van der Waals surface area contributed by atoms with Gasteiger partial charge in [0.05, 0.1) is 23.7 Å². The molecule has 1 unspecified atom stereocenters. The lowest BCUT2D eigenvalue weighted by Crippen LogP contribution is -2.29. The number of methoxy groups -OCH3 is 1. The number of benzene rings is 2. The molecule has 3 heterocycles. The SMILES string of the molecule is COc1ccc(/C(O)=C2\C(=O)C(=O)N(c3ccc4c(c3)OCO4)C2c2cccnc2)cc1Cl. The predicted octanol–water partition coefficient (Wildman–Crippen LogP) is 4.10. The number of Topliss-reactive ketones (excluding diaryl/α,β-unsaturated/α-hetero) is 1. The first kappa shape index (κ1) is 20.8. The lowest BCUT2D eigenvalue weighted by molar-refractivity contribution is -0.132. The maximum atomic E-state index is 13.2. The van der Waals surface area contributed by atoms with Gasteiger partial charge in [-0.1, -0.05) is 17.7 Å². The van der Waals surface area contributed by atoms with E-state index in [2.05, 4.69) is 4.98 Å². The molecule has 1 aromatic heterocycles. The Morgan fingerprint density at radius 3 is 2.70 bits per heavy atom. The molecule has 1 N–H and O–H groups in total. The number of aliphatic hydroxyl groups is 1. The average Bonchev–Trinajstić information content (AvgIpc) is 3.41. The smallest absolute Gasteiger partial charge is 0.300 e. The molecule has 0 radical (unpaired) electrons. The third-order valence-corrected chi connectivity index (χ3v) is 5.80. The van der Waals surface area contributed by atoms with Crippen LogP contribution in [0.3, 0.4) is 0 Å². The Hall–Kier alpha value is -4.04. The van der Waals surface area contributed by atoms with Gasteiger partial charge in [-0.15, -0.1) is 0 Å². The number of hydrogen-bond acceptors (Lipinski definition) is 7. The van der Waals surface area contributed by atoms with Gasteiger partial charge in [-0.05, 0) is 42.0 Å². The fourth-order valence-electron chi connectivity index (χ4n) is 3.96. The van der Waals surface area contributed by atoms with E-state index in [1.807, 2.05) is 0 Å². The normalized spacial score (nSPS) is 18.6. The van der Waals surface area contributed by atoms with Crippen LogP contribution >= 0.6 is 11.6 Å². The summed E-state index contributed by atoms with van der Waals surface area (Å²) in [6.07, 6.45) is 3.13. The zero-order valence-electron chi connectivity index (χ0n) is 17.3. The number of amides is 1. The van der Waals surface area contributed by atoms with Crippen LogP contribution in [-0.2, 0) is 9.59 Å². The summed E-state index contributed by atoms with van der Waals surface area (Å²) in [5.74, 6) is -0.551. The van der Waals surface area contributed by atoms with E-state index in [9.17, 15) is 14.7 Å². The monoisotopic (exact) mass is 464 g/mol. The zero-order chi connectivity index (χ0) is 23.1. The Morgan fingerprint density at radius 2 is 1.97 bits per heavy atom. The number of carbonyl (C=O) groups is 2. The number of pyridine rings is 1. The highest BCUT2D eigenvalue weighted by Crippen LogP contribution is 2.45. The van der Waals surface area contributed by atoms with E-state index < -0.39 is 17.7 Å². The number of halogens is 1. The van der Waals surface area contributed by atoms with Crippen molar-refractivity contribution in [2.45, 2.75) is 6.04 Å². The number of aliphatic hydroxyl groups excluding tert-OH is 1. The van der Waals surface area contributed by atoms with Gasteiger partial charge in [0.15, 0.2) is 11.5 Å². The molecule has 2 aliphatic rings. The molecule has 0 aliphatic carbocycles. The maximum absolute atomic E-state index is 13.2. The first-order chi connectivity index (χ1) is 16.0. The summed E-state index contributed by atoms with van der Waals surface area (Å²) in [5, 5.41) is 11.4. The van der Waals surface area contributed by atoms with Crippen molar-refractivity contribution in [3.8, 4) is 17.2 Å². The van der Waals surface area contributed by atoms with Crippen molar-refractivity contribution < 1.29 is 28.9 Å². The van der Waals surface area contributed by atoms with Gasteiger partial charge in [0.1, 0.15) is 11.5 Å². The molecule has 0 bridgehead atoms. The van der Waals surface area contributed by atoms with Crippen molar-refractivity contribution in [3.05, 3.63) is 82.6 Å². The van der Waals surface area contributed by atoms with E-state index in [0.717, 1.165) is 0 Å². The second kappa shape index (κ2) is 8.14. The quantitative estimate of drug-likeness (QED) is 0.352. The summed E-state index contributed by atoms with van der Waals surface area (Å²) in [6, 6.07) is 12.1. The molecule has 2 aliphatic heterocycles. The first-order valence-corrected chi connectivity index (χ1v) is 10.3. The fraction of sp³-hybridized carbons (Fsp3) is 0.125. The molecule has 1 saturated heterocycles. The molecular formula is C24H17ClN2O6. The van der Waals surface area contributed by atoms with E-state index in [1.54, 1.807) is 54.9 Å². The van der Waals surface area contributed by atoms with Crippen LogP contribution in [0, 0.1) is 0 Å². The van der Waals surface area contributed by atoms with E-state index in [-0.39, 0.29) is 28.7 Å². The minimum Gasteiger partial charge on any atom is -0.507 e. The Morgan fingerprint density at radius 1 is 1.15 bits per heavy atom. The Labute approximate surface area is 193 Å². The molecule has 1 fully saturated rings. The maximum Gasteiger partial charge on any atom is 0.300 e. The van der Waals surface area contributed by atoms with Crippen LogP contribution in [0.25, 0.3) is 5.76 Å². The molecule has 0 saturated carbocycles. The number of fused-ring (bicyclic) bond motifs is 1. The van der Waals surface area contributed by atoms with Crippen molar-refractivity contribution in [2.24, 2.45) is 0 Å². The lowest BCUT2D eigenvalue weighted by atomic mass is 9.96. The van der Waals surface area contributed by atoms with E-state index in [0.29, 0.717) is 28.5 Å². The first-order valence-electron chi connectivity index (χ1n) is 9.94. The van der Waals surface area contributed by atoms with Crippen LogP contribution in [0.4, 0.5) is 5.69 Å². The molecule has 0 spiro atoms. The van der Waals surface area contributed by atoms with Crippen molar-refractivity contribution in [1.29, 1.82) is 0 Å². The van der Waals surface area contributed by atoms with Gasteiger partial charge in [-0.2, -0.15) is 0 Å². The highest BCUT2D eigenvalue weighted by molar-refractivity contribution is 6.51. The third kappa shape index (κ3) is 3.44. The highest BCUT2D eigenvalue weighted by Gasteiger charge is 2.47. The number of ketones is 1. The van der Waals surface area contributed by atoms with E-state index >= 15 is 0 Å². The lowest BCUT2D eigenvalue weighted by Gasteiger charge is -2.25. The number of hydrogen-bond donors (Lipinski definition) is 1. The molecule has 8 nitrogen and oxygen atoms in total. The molecule has 1 amide bonds. The molecule has 33 heavy (non-hydrogen) atoms. The Kier molecular flexibility index (Phi) is 5.14. The zero-order valence-corrected chi connectivity index (χ0v) is 18.1. The van der Waals surface area contributed by atoms with E-state index in [1.165, 1.54) is 18.1 Å². The minimum absolute atomic E-state index is 0.0713. The predicted molar refractivity (Wildman–Crippen MR) is 120 cm³/mol. The Balaban J connectivity index is 1.69. The largest absolute Gasteiger partial charge is 0.507 e. The van der Waals surface area contributed by atoms with E-state index in [4.69, 9.17) is 25.8 Å². The van der Waals surface area contributed by atoms with Crippen LogP contribution in [0.5, 0.6) is 17.2 Å². The number of nitrogens with zero attached hydrogens (tertiary/aromatic N) is 2. The van der Waals surface area contributed by atoms with Gasteiger partial charge in [0.2, 0.25) is 6.79 Å². The highest BCUT2D eigenvalue weighted by atomic mass is 35.5. The van der Waals surface area contributed by atoms with Gasteiger partial charge < -0.3 is 19.3 Å². The molecule has 2 aromatic carbocycles. The van der Waals surface area contributed by atoms with Gasteiger partial charge in [-0.3, -0.25) is 19.5 Å². The second-order valence-corrected chi connectivity index (χ2v) is 7.75. The minimum atomic E-state index is -0.917. The summed E-state index contributed by atoms with van der Waals surface area (Å²) >= 11 is 6.22. The number of rotatable bonds is 4. The number of ether oxygens (including phenoxy) is 3. The molecule has 1 atom stereocenters. The van der Waals surface area contributed by atoms with Gasteiger partial charge in [-0.25, -0.2) is 0 Å². The standard InChI is InChI=1S/C24H17ClN2O6/c1-31-17-6-4-13(9-16(17)25)22(28)20-21(14-3-2-8-26-11-14)27(24(30)23(20)29)15-5-7-18-19(10-15)33-12-32-18/h2-11,21,28H,12H2,1H3/b22-20+. The summed E-state index contributed by atoms with van der Waals surface area (Å²) in [6.45, 7) is 0.0713. The Bertz CT molecular complexity index is 1310. The number of carbonyl (C=O) groups excluding carboxylic acids is 2. The fourth-order valence-corrected chi connectivity index (χ4v) is 4.21. The van der Waals surface area contributed by atoms with Crippen molar-refractivity contribution in [2.75, 3.05) is 18.8 Å². The van der Waals surface area contributed by atoms with Crippen LogP contribution in [0.1, 0.15) is 17.2 Å². The molecule has 5 rings (SSSR count). The molecular weight excluding hydrogens is 448 g/mol. The van der Waals surface area contributed by atoms with Crippen LogP contribution < -0.4 is 19.1 Å². The summed E-state index contributed by atoms with van der Waals surface area (Å²) in [7, 11) is 1.47. The molecule has 166 valence electrons. The summed E-state index contributed by atoms with van der Waals surface area (Å²) in [5.41, 5.74) is 1.17. The summed E-state index contributed by atoms with van der Waals surface area (Å²) < 4.78 is 15.9. The van der Waals surface area contributed by atoms with Gasteiger partial charge >= 0.3 is 0 Å². The van der Waals surface area contributed by atoms with Gasteiger partial charge in [0.25, 0.3) is 11.7 Å². The topological polar surface area (TPSA) is 98.2 Å².